The number of nitrogens with one attached hydrogen (secondary N) is 1. The summed E-state index contributed by atoms with van der Waals surface area (Å²) in [6.07, 6.45) is 0.302. The number of alkyl halides is 2. The first kappa shape index (κ1) is 25.8. The number of esters is 1. The fourth-order valence-electron chi connectivity index (χ4n) is 4.75. The molecule has 0 aliphatic carbocycles. The summed E-state index contributed by atoms with van der Waals surface area (Å²) >= 11 is 0. The molecule has 2 amide bonds. The van der Waals surface area contributed by atoms with Crippen LogP contribution >= 0.6 is 0 Å². The largest absolute Gasteiger partial charge is 0.412 e. The van der Waals surface area contributed by atoms with E-state index in [2.05, 4.69) is 20.1 Å². The molecule has 4 aromatic rings. The predicted octanol–water partition coefficient (Wildman–Crippen LogP) is 4.10. The minimum absolute atomic E-state index is 0.0352. The van der Waals surface area contributed by atoms with Crippen molar-refractivity contribution in [3.63, 3.8) is 0 Å². The van der Waals surface area contributed by atoms with Gasteiger partial charge in [0, 0.05) is 42.0 Å². The molecule has 39 heavy (non-hydrogen) atoms. The maximum atomic E-state index is 14.4. The van der Waals surface area contributed by atoms with Gasteiger partial charge in [-0.3, -0.25) is 9.48 Å². The number of hydrogen-bond acceptors (Lipinski definition) is 7. The van der Waals surface area contributed by atoms with Crippen LogP contribution in [0.25, 0.3) is 21.9 Å². The zero-order chi connectivity index (χ0) is 27.7. The van der Waals surface area contributed by atoms with E-state index in [-0.39, 0.29) is 23.7 Å². The highest BCUT2D eigenvalue weighted by Crippen LogP contribution is 2.42. The molecule has 0 saturated heterocycles. The van der Waals surface area contributed by atoms with Crippen LogP contribution in [0.1, 0.15) is 34.5 Å². The number of hydrogen-bond donors (Lipinski definition) is 2. The van der Waals surface area contributed by atoms with Gasteiger partial charge in [0.05, 0.1) is 6.20 Å². The quantitative estimate of drug-likeness (QED) is 0.281. The highest BCUT2D eigenvalue weighted by atomic mass is 19.3. The van der Waals surface area contributed by atoms with Gasteiger partial charge in [0.2, 0.25) is 5.91 Å². The fraction of sp³-hybridized carbons (Fsp3) is 0.222. The number of carbonyl (C=O) groups is 3. The second-order valence-electron chi connectivity index (χ2n) is 8.98. The van der Waals surface area contributed by atoms with E-state index in [0.29, 0.717) is 52.8 Å². The normalized spacial score (nSPS) is 12.9. The van der Waals surface area contributed by atoms with Crippen molar-refractivity contribution in [2.45, 2.75) is 25.8 Å². The Morgan fingerprint density at radius 1 is 1.18 bits per heavy atom. The summed E-state index contributed by atoms with van der Waals surface area (Å²) in [6, 6.07) is 11.8. The van der Waals surface area contributed by atoms with Gasteiger partial charge >= 0.3 is 12.1 Å². The molecule has 1 aliphatic heterocycles. The zero-order valence-corrected chi connectivity index (χ0v) is 20.9. The smallest absolute Gasteiger partial charge is 0.372 e. The van der Waals surface area contributed by atoms with Crippen molar-refractivity contribution < 1.29 is 27.9 Å². The van der Waals surface area contributed by atoms with Crippen molar-refractivity contribution in [3.05, 3.63) is 71.7 Å². The van der Waals surface area contributed by atoms with Crippen LogP contribution in [0.15, 0.2) is 54.9 Å². The molecule has 200 valence electrons. The Morgan fingerprint density at radius 2 is 1.97 bits per heavy atom. The summed E-state index contributed by atoms with van der Waals surface area (Å²) in [5.41, 5.74) is 6.82. The van der Waals surface area contributed by atoms with Crippen molar-refractivity contribution in [3.8, 4) is 11.1 Å². The highest BCUT2D eigenvalue weighted by Gasteiger charge is 2.27. The second kappa shape index (κ2) is 10.5. The predicted molar refractivity (Wildman–Crippen MR) is 139 cm³/mol. The molecule has 2 aromatic heterocycles. The number of aryl methyl sites for hydroxylation is 1. The van der Waals surface area contributed by atoms with Gasteiger partial charge in [-0.25, -0.2) is 23.4 Å². The Kier molecular flexibility index (Phi) is 6.92. The average Bonchev–Trinajstić information content (AvgIpc) is 3.39. The first-order valence-corrected chi connectivity index (χ1v) is 12.1. The number of nitrogens with zero attached hydrogens (tertiary/aromatic N) is 4. The number of fused-ring (bicyclic) bond motifs is 2. The average molecular weight is 535 g/mol. The Morgan fingerprint density at radius 3 is 2.72 bits per heavy atom. The van der Waals surface area contributed by atoms with Crippen LogP contribution in [0.4, 0.5) is 25.1 Å². The van der Waals surface area contributed by atoms with E-state index in [1.807, 2.05) is 12.1 Å². The number of benzene rings is 2. The Labute approximate surface area is 221 Å². The standard InChI is InChI=1S/C27H24F2N6O4/c1-31-23(36)14-34-13-17(12-32-34)19-9-16-6-4-8-35(22(16)11-20(19)24(28)29)25-18-7-3-2-5-15(18)10-21(33-25)26(37)39-27(30)38/h2-3,5,7,9-13,24H,4,6,8,14H2,1H3,(H2,30,38)(H,31,36). The number of ether oxygens (including phenoxy) is 1. The van der Waals surface area contributed by atoms with E-state index in [1.165, 1.54) is 30.1 Å². The molecule has 1 aliphatic rings. The lowest BCUT2D eigenvalue weighted by atomic mass is 9.93. The lowest BCUT2D eigenvalue weighted by molar-refractivity contribution is -0.121. The first-order chi connectivity index (χ1) is 18.7. The Hall–Kier alpha value is -4.87. The van der Waals surface area contributed by atoms with Crippen molar-refractivity contribution in [2.24, 2.45) is 5.73 Å². The van der Waals surface area contributed by atoms with Crippen molar-refractivity contribution >= 4 is 40.2 Å². The topological polar surface area (TPSA) is 132 Å². The summed E-state index contributed by atoms with van der Waals surface area (Å²) in [4.78, 5) is 41.6. The number of carbonyl (C=O) groups excluding carboxylic acids is 3. The van der Waals surface area contributed by atoms with Gasteiger partial charge < -0.3 is 20.7 Å². The monoisotopic (exact) mass is 534 g/mol. The number of primary amides is 1. The van der Waals surface area contributed by atoms with Gasteiger partial charge in [-0.1, -0.05) is 24.3 Å². The molecule has 10 nitrogen and oxygen atoms in total. The highest BCUT2D eigenvalue weighted by molar-refractivity contribution is 6.02. The van der Waals surface area contributed by atoms with Gasteiger partial charge in [-0.15, -0.1) is 0 Å². The molecule has 0 unspecified atom stereocenters. The number of likely N-dealkylation sites (N-methyl/N-ethyl adjacent to an activating group) is 1. The minimum atomic E-state index is -2.79. The van der Waals surface area contributed by atoms with E-state index in [4.69, 9.17) is 5.73 Å². The third-order valence-electron chi connectivity index (χ3n) is 6.51. The third kappa shape index (κ3) is 5.13. The van der Waals surface area contributed by atoms with Crippen molar-refractivity contribution in [1.29, 1.82) is 0 Å². The van der Waals surface area contributed by atoms with E-state index >= 15 is 0 Å². The van der Waals surface area contributed by atoms with Crippen LogP contribution in [-0.4, -0.2) is 46.3 Å². The van der Waals surface area contributed by atoms with E-state index in [9.17, 15) is 23.2 Å². The fourth-order valence-corrected chi connectivity index (χ4v) is 4.75. The van der Waals surface area contributed by atoms with Gasteiger partial charge in [0.25, 0.3) is 6.43 Å². The third-order valence-corrected chi connectivity index (χ3v) is 6.51. The summed E-state index contributed by atoms with van der Waals surface area (Å²) in [6.45, 7) is 0.427. The molecule has 0 bridgehead atoms. The maximum absolute atomic E-state index is 14.4. The molecule has 0 spiro atoms. The second-order valence-corrected chi connectivity index (χ2v) is 8.98. The maximum Gasteiger partial charge on any atom is 0.412 e. The molecular formula is C27H24F2N6O4. The molecule has 3 N–H and O–H groups in total. The van der Waals surface area contributed by atoms with Crippen molar-refractivity contribution in [1.82, 2.24) is 20.1 Å². The van der Waals surface area contributed by atoms with Gasteiger partial charge in [-0.05, 0) is 47.6 Å². The van der Waals surface area contributed by atoms with Crippen LogP contribution in [0.2, 0.25) is 0 Å². The molecular weight excluding hydrogens is 510 g/mol. The molecule has 0 atom stereocenters. The van der Waals surface area contributed by atoms with Crippen LogP contribution in [0.5, 0.6) is 0 Å². The summed E-state index contributed by atoms with van der Waals surface area (Å²) in [5, 5.41) is 8.00. The molecule has 0 radical (unpaired) electrons. The zero-order valence-electron chi connectivity index (χ0n) is 20.9. The Balaban J connectivity index is 1.62. The minimum Gasteiger partial charge on any atom is -0.372 e. The lowest BCUT2D eigenvalue weighted by Crippen LogP contribution is -2.27. The SMILES string of the molecule is CNC(=O)Cn1cc(-c2cc3c(cc2C(F)F)N(c2nc(C(=O)OC(N)=O)cc4ccccc24)CCC3)cn1. The molecule has 2 aromatic carbocycles. The molecule has 0 fully saturated rings. The number of halogens is 2. The lowest BCUT2D eigenvalue weighted by Gasteiger charge is -2.32. The molecule has 12 heteroatoms. The molecule has 3 heterocycles. The van der Waals surface area contributed by atoms with Gasteiger partial charge in [0.15, 0.2) is 5.69 Å². The number of aromatic nitrogens is 3. The van der Waals surface area contributed by atoms with Crippen LogP contribution < -0.4 is 16.0 Å². The van der Waals surface area contributed by atoms with Crippen LogP contribution in [0, 0.1) is 0 Å². The molecule has 0 saturated carbocycles. The summed E-state index contributed by atoms with van der Waals surface area (Å²) in [7, 11) is 1.51. The number of nitrogens with two attached hydrogens (primary N) is 1. The van der Waals surface area contributed by atoms with E-state index in [0.717, 1.165) is 5.56 Å². The Bertz CT molecular complexity index is 1600. The van der Waals surface area contributed by atoms with Crippen LogP contribution in [0.3, 0.4) is 0 Å². The molecule has 5 rings (SSSR count). The van der Waals surface area contributed by atoms with Crippen molar-refractivity contribution in [2.75, 3.05) is 18.5 Å². The first-order valence-electron chi connectivity index (χ1n) is 12.1. The van der Waals surface area contributed by atoms with E-state index in [1.54, 1.807) is 29.3 Å². The number of amides is 2. The number of rotatable bonds is 6. The number of pyridine rings is 1. The van der Waals surface area contributed by atoms with Gasteiger partial charge in [0.1, 0.15) is 12.4 Å². The summed E-state index contributed by atoms with van der Waals surface area (Å²) < 4.78 is 34.7. The van der Waals surface area contributed by atoms with Gasteiger partial charge in [-0.2, -0.15) is 5.10 Å². The van der Waals surface area contributed by atoms with Crippen LogP contribution in [-0.2, 0) is 22.5 Å². The van der Waals surface area contributed by atoms with E-state index < -0.39 is 18.5 Å². The summed E-state index contributed by atoms with van der Waals surface area (Å²) in [5.74, 6) is -0.901. The number of anilines is 2.